The minimum absolute atomic E-state index is 0.331. The predicted octanol–water partition coefficient (Wildman–Crippen LogP) is 3.59. The quantitative estimate of drug-likeness (QED) is 0.696. The lowest BCUT2D eigenvalue weighted by molar-refractivity contribution is 0.0734. The number of carbonyl (C=O) groups excluding carboxylic acids is 1. The molecule has 0 heterocycles. The lowest BCUT2D eigenvalue weighted by Crippen LogP contribution is -2.08. The van der Waals surface area contributed by atoms with Gasteiger partial charge in [0, 0.05) is 16.2 Å². The molecular weight excluding hydrogens is 298 g/mol. The molecule has 6 heteroatoms. The smallest absolute Gasteiger partial charge is 0.343 e. The highest BCUT2D eigenvalue weighted by Crippen LogP contribution is 2.18. The third-order valence-corrected chi connectivity index (χ3v) is 3.99. The number of hydrogen-bond acceptors (Lipinski definition) is 4. The summed E-state index contributed by atoms with van der Waals surface area (Å²) < 4.78 is 24.1. The number of benzene rings is 2. The summed E-state index contributed by atoms with van der Waals surface area (Å²) in [6, 6.07) is 12.4. The molecule has 0 bridgehead atoms. The lowest BCUT2D eigenvalue weighted by Gasteiger charge is -2.06. The summed E-state index contributed by atoms with van der Waals surface area (Å²) >= 11 is 5.74. The topological polar surface area (TPSA) is 67.2 Å². The van der Waals surface area contributed by atoms with Gasteiger partial charge in [0.15, 0.2) is 0 Å². The third-order valence-electron chi connectivity index (χ3n) is 2.56. The Morgan fingerprint density at radius 1 is 1.10 bits per heavy atom. The second-order valence-corrected chi connectivity index (χ2v) is 6.81. The Morgan fingerprint density at radius 3 is 2.15 bits per heavy atom. The second kappa shape index (κ2) is 5.64. The van der Waals surface area contributed by atoms with E-state index in [-0.39, 0.29) is 0 Å². The molecule has 0 aliphatic heterocycles. The first-order chi connectivity index (χ1) is 9.36. The van der Waals surface area contributed by atoms with Crippen LogP contribution in [0.4, 0.5) is 0 Å². The van der Waals surface area contributed by atoms with Gasteiger partial charge < -0.3 is 4.74 Å². The molecule has 0 aliphatic rings. The molecule has 0 fully saturated rings. The molecule has 1 unspecified atom stereocenters. The van der Waals surface area contributed by atoms with E-state index in [0.717, 1.165) is 0 Å². The number of nitrogens with one attached hydrogen (secondary N) is 1. The van der Waals surface area contributed by atoms with Crippen molar-refractivity contribution in [2.24, 2.45) is 0 Å². The van der Waals surface area contributed by atoms with Crippen LogP contribution in [0.3, 0.4) is 0 Å². The van der Waals surface area contributed by atoms with E-state index in [1.54, 1.807) is 24.3 Å². The molecule has 1 N–H and O–H groups in total. The Morgan fingerprint density at radius 2 is 1.65 bits per heavy atom. The fourth-order valence-corrected chi connectivity index (χ4v) is 2.30. The SMILES string of the molecule is CS(=N)(=O)c1ccc(OC(=O)c2ccc(Cl)cc2)cc1. The van der Waals surface area contributed by atoms with Crippen LogP contribution in [0.25, 0.3) is 0 Å². The molecule has 2 aromatic carbocycles. The first kappa shape index (κ1) is 14.6. The average molecular weight is 310 g/mol. The summed E-state index contributed by atoms with van der Waals surface area (Å²) in [6.45, 7) is 0. The first-order valence-electron chi connectivity index (χ1n) is 5.68. The van der Waals surface area contributed by atoms with E-state index in [0.29, 0.717) is 21.2 Å². The van der Waals surface area contributed by atoms with Crippen molar-refractivity contribution in [2.75, 3.05) is 6.26 Å². The molecule has 1 atom stereocenters. The van der Waals surface area contributed by atoms with Crippen molar-refractivity contribution in [3.63, 3.8) is 0 Å². The average Bonchev–Trinajstić information content (AvgIpc) is 2.39. The molecule has 0 saturated heterocycles. The minimum Gasteiger partial charge on any atom is -0.423 e. The van der Waals surface area contributed by atoms with Crippen molar-refractivity contribution in [1.29, 1.82) is 4.78 Å². The minimum atomic E-state index is -2.76. The summed E-state index contributed by atoms with van der Waals surface area (Å²) in [5.41, 5.74) is 0.387. The summed E-state index contributed by atoms with van der Waals surface area (Å²) in [4.78, 5) is 12.2. The van der Waals surface area contributed by atoms with Gasteiger partial charge in [-0.15, -0.1) is 0 Å². The fraction of sp³-hybridized carbons (Fsp3) is 0.0714. The summed E-state index contributed by atoms with van der Waals surface area (Å²) in [5, 5.41) is 0.541. The van der Waals surface area contributed by atoms with Crippen LogP contribution in [0.1, 0.15) is 10.4 Å². The second-order valence-electron chi connectivity index (χ2n) is 4.21. The van der Waals surface area contributed by atoms with Crippen LogP contribution < -0.4 is 4.74 Å². The number of halogens is 1. The van der Waals surface area contributed by atoms with Gasteiger partial charge in [0.25, 0.3) is 0 Å². The van der Waals surface area contributed by atoms with Gasteiger partial charge in [-0.3, -0.25) is 0 Å². The highest BCUT2D eigenvalue weighted by atomic mass is 35.5. The zero-order valence-corrected chi connectivity index (χ0v) is 12.2. The maximum absolute atomic E-state index is 11.8. The van der Waals surface area contributed by atoms with Crippen molar-refractivity contribution >= 4 is 27.3 Å². The number of ether oxygens (including phenoxy) is 1. The first-order valence-corrected chi connectivity index (χ1v) is 8.02. The molecule has 4 nitrogen and oxygen atoms in total. The van der Waals surface area contributed by atoms with Crippen LogP contribution in [0.2, 0.25) is 5.02 Å². The number of esters is 1. The molecule has 2 aromatic rings. The summed E-state index contributed by atoms with van der Waals surface area (Å²) in [7, 11) is -2.76. The standard InChI is InChI=1S/C14H12ClNO3S/c1-20(16,18)13-8-6-12(7-9-13)19-14(17)10-2-4-11(15)5-3-10/h2-9,16H,1H3. The lowest BCUT2D eigenvalue weighted by atomic mass is 10.2. The van der Waals surface area contributed by atoms with Crippen molar-refractivity contribution in [1.82, 2.24) is 0 Å². The Labute approximate surface area is 122 Å². The number of carbonyl (C=O) groups is 1. The van der Waals surface area contributed by atoms with Gasteiger partial charge >= 0.3 is 5.97 Å². The largest absolute Gasteiger partial charge is 0.423 e. The van der Waals surface area contributed by atoms with Crippen molar-refractivity contribution in [3.8, 4) is 5.75 Å². The Hall–Kier alpha value is -1.85. The van der Waals surface area contributed by atoms with E-state index >= 15 is 0 Å². The van der Waals surface area contributed by atoms with Gasteiger partial charge in [0.1, 0.15) is 5.75 Å². The van der Waals surface area contributed by atoms with Crippen molar-refractivity contribution < 1.29 is 13.7 Å². The van der Waals surface area contributed by atoms with Crippen LogP contribution in [0.5, 0.6) is 5.75 Å². The molecule has 0 spiro atoms. The van der Waals surface area contributed by atoms with Gasteiger partial charge in [0.05, 0.1) is 15.3 Å². The Kier molecular flexibility index (Phi) is 4.11. The molecule has 2 rings (SSSR count). The van der Waals surface area contributed by atoms with Gasteiger partial charge in [-0.1, -0.05) is 11.6 Å². The monoisotopic (exact) mass is 309 g/mol. The highest BCUT2D eigenvalue weighted by Gasteiger charge is 2.09. The molecule has 20 heavy (non-hydrogen) atoms. The van der Waals surface area contributed by atoms with Crippen LogP contribution in [0.15, 0.2) is 53.4 Å². The van der Waals surface area contributed by atoms with Gasteiger partial charge in [-0.05, 0) is 48.5 Å². The number of rotatable bonds is 3. The normalized spacial score (nSPS) is 13.5. The van der Waals surface area contributed by atoms with E-state index < -0.39 is 15.7 Å². The van der Waals surface area contributed by atoms with E-state index in [1.807, 2.05) is 0 Å². The molecular formula is C14H12ClNO3S. The van der Waals surface area contributed by atoms with E-state index in [2.05, 4.69) is 0 Å². The van der Waals surface area contributed by atoms with Gasteiger partial charge in [-0.25, -0.2) is 13.8 Å². The molecule has 0 aromatic heterocycles. The van der Waals surface area contributed by atoms with Crippen LogP contribution in [-0.4, -0.2) is 16.4 Å². The maximum atomic E-state index is 11.8. The molecule has 104 valence electrons. The summed E-state index contributed by atoms with van der Waals surface area (Å²) in [5.74, 6) is -0.171. The van der Waals surface area contributed by atoms with Crippen LogP contribution in [0, 0.1) is 4.78 Å². The van der Waals surface area contributed by atoms with Crippen molar-refractivity contribution in [2.45, 2.75) is 4.90 Å². The number of hydrogen-bond donors (Lipinski definition) is 1. The zero-order chi connectivity index (χ0) is 14.8. The molecule has 0 saturated carbocycles. The maximum Gasteiger partial charge on any atom is 0.343 e. The van der Waals surface area contributed by atoms with Gasteiger partial charge in [0.2, 0.25) is 0 Å². The van der Waals surface area contributed by atoms with E-state index in [9.17, 15) is 9.00 Å². The predicted molar refractivity (Wildman–Crippen MR) is 77.9 cm³/mol. The molecule has 0 amide bonds. The van der Waals surface area contributed by atoms with Crippen molar-refractivity contribution in [3.05, 3.63) is 59.1 Å². The molecule has 0 radical (unpaired) electrons. The van der Waals surface area contributed by atoms with Crippen LogP contribution >= 0.6 is 11.6 Å². The fourth-order valence-electron chi connectivity index (χ4n) is 1.52. The Bertz CT molecular complexity index is 722. The summed E-state index contributed by atoms with van der Waals surface area (Å²) in [6.07, 6.45) is 1.34. The third kappa shape index (κ3) is 3.59. The highest BCUT2D eigenvalue weighted by molar-refractivity contribution is 7.91. The van der Waals surface area contributed by atoms with Gasteiger partial charge in [-0.2, -0.15) is 0 Å². The van der Waals surface area contributed by atoms with Crippen LogP contribution in [-0.2, 0) is 9.73 Å². The van der Waals surface area contributed by atoms with E-state index in [4.69, 9.17) is 21.1 Å². The Balaban J connectivity index is 2.14. The molecule has 0 aliphatic carbocycles. The van der Waals surface area contributed by atoms with E-state index in [1.165, 1.54) is 30.5 Å². The zero-order valence-electron chi connectivity index (χ0n) is 10.6.